The molecule has 1 saturated heterocycles. The molecule has 2 unspecified atom stereocenters. The lowest BCUT2D eigenvalue weighted by molar-refractivity contribution is -0.179. The second-order valence-corrected chi connectivity index (χ2v) is 8.93. The highest BCUT2D eigenvalue weighted by Gasteiger charge is 2.50. The Kier molecular flexibility index (Phi) is 6.20. The molecule has 32 heavy (non-hydrogen) atoms. The van der Waals surface area contributed by atoms with E-state index in [1.165, 1.54) is 4.90 Å². The number of halogens is 4. The van der Waals surface area contributed by atoms with E-state index in [0.29, 0.717) is 47.2 Å². The van der Waals surface area contributed by atoms with Gasteiger partial charge in [-0.3, -0.25) is 4.79 Å². The topological polar surface area (TPSA) is 61.4 Å². The third kappa shape index (κ3) is 4.62. The van der Waals surface area contributed by atoms with Crippen molar-refractivity contribution in [1.29, 1.82) is 0 Å². The molecule has 4 rings (SSSR count). The van der Waals surface area contributed by atoms with Gasteiger partial charge in [-0.25, -0.2) is 9.97 Å². The Bertz CT molecular complexity index is 1040. The number of carbonyl (C=O) groups excluding carboxylic acids is 1. The summed E-state index contributed by atoms with van der Waals surface area (Å²) < 4.78 is 42.3. The average molecular weight is 468 g/mol. The first kappa shape index (κ1) is 22.6. The summed E-state index contributed by atoms with van der Waals surface area (Å²) in [5, 5.41) is 3.08. The average Bonchev–Trinajstić information content (AvgIpc) is 3.56. The van der Waals surface area contributed by atoms with Gasteiger partial charge in [0.05, 0.1) is 17.1 Å². The van der Waals surface area contributed by atoms with Crippen molar-refractivity contribution < 1.29 is 18.0 Å². The number of nitrogens with one attached hydrogen (secondary N) is 1. The largest absolute Gasteiger partial charge is 0.398 e. The number of amides is 1. The Morgan fingerprint density at radius 1 is 1.19 bits per heavy atom. The fourth-order valence-electron chi connectivity index (χ4n) is 4.01. The minimum atomic E-state index is -4.60. The fourth-order valence-corrected chi connectivity index (χ4v) is 4.28. The Morgan fingerprint density at radius 3 is 2.41 bits per heavy atom. The molecule has 0 bridgehead atoms. The smallest absolute Gasteiger partial charge is 0.364 e. The van der Waals surface area contributed by atoms with Crippen LogP contribution in [0.2, 0.25) is 0 Å². The highest BCUT2D eigenvalue weighted by Crippen LogP contribution is 2.41. The van der Waals surface area contributed by atoms with E-state index >= 15 is 0 Å². The van der Waals surface area contributed by atoms with Crippen molar-refractivity contribution >= 4 is 40.7 Å². The zero-order chi connectivity index (χ0) is 23.0. The molecule has 2 fully saturated rings. The van der Waals surface area contributed by atoms with Gasteiger partial charge in [-0.15, -0.1) is 0 Å². The lowest BCUT2D eigenvalue weighted by Gasteiger charge is -2.44. The SMILES string of the molecule is CC(C)=C(Cl)C(C1CN(c2nc3ccccc3nc2NC2CC2)CCN1C=O)C(F)(F)F. The second kappa shape index (κ2) is 8.77. The molecule has 172 valence electrons. The van der Waals surface area contributed by atoms with E-state index in [1.54, 1.807) is 18.7 Å². The maximum Gasteiger partial charge on any atom is 0.398 e. The van der Waals surface area contributed by atoms with Crippen LogP contribution >= 0.6 is 11.6 Å². The van der Waals surface area contributed by atoms with Crippen molar-refractivity contribution in [3.63, 3.8) is 0 Å². The number of fused-ring (bicyclic) bond motifs is 1. The summed E-state index contributed by atoms with van der Waals surface area (Å²) in [4.78, 5) is 24.1. The maximum absolute atomic E-state index is 14.1. The van der Waals surface area contributed by atoms with Crippen molar-refractivity contribution in [2.75, 3.05) is 29.9 Å². The number of carbonyl (C=O) groups is 1. The lowest BCUT2D eigenvalue weighted by Crippen LogP contribution is -2.58. The number of rotatable bonds is 6. The molecule has 1 aromatic heterocycles. The molecule has 2 aromatic rings. The van der Waals surface area contributed by atoms with Crippen LogP contribution in [0.1, 0.15) is 26.7 Å². The summed E-state index contributed by atoms with van der Waals surface area (Å²) in [7, 11) is 0. The molecule has 1 saturated carbocycles. The summed E-state index contributed by atoms with van der Waals surface area (Å²) in [5.74, 6) is -0.919. The van der Waals surface area contributed by atoms with Crippen LogP contribution in [-0.2, 0) is 4.79 Å². The van der Waals surface area contributed by atoms with Crippen LogP contribution in [0.15, 0.2) is 34.9 Å². The number of allylic oxidation sites excluding steroid dienone is 1. The number of piperazine rings is 1. The van der Waals surface area contributed by atoms with Gasteiger partial charge in [0, 0.05) is 30.7 Å². The van der Waals surface area contributed by atoms with Crippen molar-refractivity contribution in [2.45, 2.75) is 44.9 Å². The molecular weight excluding hydrogens is 443 g/mol. The molecule has 2 heterocycles. The standard InChI is InChI=1S/C22H25ClF3N5O/c1-13(2)19(23)18(22(24,25)26)17-11-30(9-10-31(17)12-32)21-20(27-14-7-8-14)28-15-5-3-4-6-16(15)29-21/h3-6,12,14,17-18H,7-11H2,1-2H3,(H,27,28). The number of hydrogen-bond donors (Lipinski definition) is 1. The molecule has 2 aliphatic rings. The summed E-state index contributed by atoms with van der Waals surface area (Å²) in [5.41, 5.74) is 1.75. The van der Waals surface area contributed by atoms with E-state index in [-0.39, 0.29) is 18.1 Å². The number of aromatic nitrogens is 2. The first-order chi connectivity index (χ1) is 15.2. The van der Waals surface area contributed by atoms with Gasteiger partial charge >= 0.3 is 6.18 Å². The zero-order valence-corrected chi connectivity index (χ0v) is 18.6. The number of para-hydroxylation sites is 2. The van der Waals surface area contributed by atoms with E-state index in [4.69, 9.17) is 21.6 Å². The molecule has 1 aromatic carbocycles. The van der Waals surface area contributed by atoms with Crippen LogP contribution in [-0.4, -0.2) is 59.2 Å². The minimum Gasteiger partial charge on any atom is -0.364 e. The highest BCUT2D eigenvalue weighted by atomic mass is 35.5. The van der Waals surface area contributed by atoms with Crippen LogP contribution in [0.5, 0.6) is 0 Å². The van der Waals surface area contributed by atoms with Gasteiger partial charge < -0.3 is 15.1 Å². The van der Waals surface area contributed by atoms with Gasteiger partial charge in [0.25, 0.3) is 0 Å². The van der Waals surface area contributed by atoms with Gasteiger partial charge in [0.1, 0.15) is 5.92 Å². The molecule has 1 aliphatic carbocycles. The van der Waals surface area contributed by atoms with Gasteiger partial charge in [0.2, 0.25) is 6.41 Å². The van der Waals surface area contributed by atoms with Crippen molar-refractivity contribution in [3.8, 4) is 0 Å². The van der Waals surface area contributed by atoms with Gasteiger partial charge in [-0.05, 0) is 38.8 Å². The molecule has 1 N–H and O–H groups in total. The number of hydrogen-bond acceptors (Lipinski definition) is 5. The van der Waals surface area contributed by atoms with Crippen molar-refractivity contribution in [1.82, 2.24) is 14.9 Å². The third-order valence-electron chi connectivity index (χ3n) is 5.85. The molecule has 1 amide bonds. The molecule has 1 aliphatic heterocycles. The summed E-state index contributed by atoms with van der Waals surface area (Å²) >= 11 is 6.16. The predicted molar refractivity (Wildman–Crippen MR) is 119 cm³/mol. The number of alkyl halides is 3. The summed E-state index contributed by atoms with van der Waals surface area (Å²) in [6.45, 7) is 3.50. The maximum atomic E-state index is 14.1. The Hall–Kier alpha value is -2.55. The van der Waals surface area contributed by atoms with Crippen LogP contribution < -0.4 is 10.2 Å². The molecule has 0 radical (unpaired) electrons. The monoisotopic (exact) mass is 467 g/mol. The highest BCUT2D eigenvalue weighted by molar-refractivity contribution is 6.30. The van der Waals surface area contributed by atoms with E-state index in [2.05, 4.69) is 5.32 Å². The predicted octanol–water partition coefficient (Wildman–Crippen LogP) is 4.56. The summed E-state index contributed by atoms with van der Waals surface area (Å²) in [6.07, 6.45) is -2.09. The second-order valence-electron chi connectivity index (χ2n) is 8.53. The van der Waals surface area contributed by atoms with E-state index in [1.807, 2.05) is 24.3 Å². The Labute approximate surface area is 189 Å². The normalized spacial score (nSPS) is 20.2. The number of benzene rings is 1. The molecule has 2 atom stereocenters. The number of nitrogens with zero attached hydrogens (tertiary/aromatic N) is 4. The van der Waals surface area contributed by atoms with E-state index in [9.17, 15) is 18.0 Å². The Morgan fingerprint density at radius 2 is 1.84 bits per heavy atom. The van der Waals surface area contributed by atoms with Crippen molar-refractivity contribution in [2.24, 2.45) is 5.92 Å². The van der Waals surface area contributed by atoms with E-state index in [0.717, 1.165) is 12.8 Å². The number of anilines is 2. The fraction of sp³-hybridized carbons (Fsp3) is 0.500. The van der Waals surface area contributed by atoms with Gasteiger partial charge in [-0.2, -0.15) is 13.2 Å². The lowest BCUT2D eigenvalue weighted by atomic mass is 9.93. The van der Waals surface area contributed by atoms with Crippen molar-refractivity contribution in [3.05, 3.63) is 34.9 Å². The summed E-state index contributed by atoms with van der Waals surface area (Å²) in [6, 6.07) is 6.50. The Balaban J connectivity index is 1.74. The quantitative estimate of drug-likeness (QED) is 0.631. The third-order valence-corrected chi connectivity index (χ3v) is 6.47. The molecule has 0 spiro atoms. The van der Waals surface area contributed by atoms with Gasteiger partial charge in [0.15, 0.2) is 11.6 Å². The van der Waals surface area contributed by atoms with Crippen LogP contribution in [0.25, 0.3) is 11.0 Å². The minimum absolute atomic E-state index is 0.0568. The zero-order valence-electron chi connectivity index (χ0n) is 17.9. The van der Waals surface area contributed by atoms with Crippen LogP contribution in [0, 0.1) is 5.92 Å². The van der Waals surface area contributed by atoms with Crippen LogP contribution in [0.4, 0.5) is 24.8 Å². The van der Waals surface area contributed by atoms with Crippen LogP contribution in [0.3, 0.4) is 0 Å². The molecule has 6 nitrogen and oxygen atoms in total. The molecular formula is C22H25ClF3N5O. The molecule has 10 heteroatoms. The first-order valence-corrected chi connectivity index (χ1v) is 11.0. The first-order valence-electron chi connectivity index (χ1n) is 10.6. The van der Waals surface area contributed by atoms with Gasteiger partial charge in [-0.1, -0.05) is 29.3 Å². The van der Waals surface area contributed by atoms with E-state index < -0.39 is 18.1 Å².